The van der Waals surface area contributed by atoms with Crippen molar-refractivity contribution in [1.29, 1.82) is 0 Å². The van der Waals surface area contributed by atoms with E-state index in [9.17, 15) is 14.0 Å². The lowest BCUT2D eigenvalue weighted by Gasteiger charge is -2.13. The predicted octanol–water partition coefficient (Wildman–Crippen LogP) is 3.15. The van der Waals surface area contributed by atoms with Crippen LogP contribution in [-0.4, -0.2) is 17.0 Å². The largest absolute Gasteiger partial charge is 0.481 e. The lowest BCUT2D eigenvalue weighted by atomic mass is 9.99. The molecule has 1 aromatic carbocycles. The Morgan fingerprint density at radius 1 is 1.18 bits per heavy atom. The third-order valence-electron chi connectivity index (χ3n) is 3.20. The van der Waals surface area contributed by atoms with Gasteiger partial charge < -0.3 is 10.4 Å². The molecule has 0 spiro atoms. The summed E-state index contributed by atoms with van der Waals surface area (Å²) >= 11 is 1.45. The number of nitrogens with one attached hydrogen (secondary N) is 1. The molecule has 1 atom stereocenters. The third-order valence-corrected chi connectivity index (χ3v) is 4.24. The van der Waals surface area contributed by atoms with Crippen LogP contribution in [0, 0.1) is 5.82 Å². The first kappa shape index (κ1) is 16.2. The number of carbonyl (C=O) groups is 2. The molecule has 1 amide bonds. The maximum Gasteiger partial charge on any atom is 0.304 e. The molecule has 0 bridgehead atoms. The fraction of sp³-hybridized carbons (Fsp3) is 0.250. The molecule has 1 unspecified atom stereocenters. The molecule has 1 aromatic heterocycles. The smallest absolute Gasteiger partial charge is 0.304 e. The number of carboxylic acid groups (broad SMARTS) is 1. The maximum absolute atomic E-state index is 12.8. The zero-order chi connectivity index (χ0) is 15.9. The van der Waals surface area contributed by atoms with Crippen LogP contribution in [0.5, 0.6) is 0 Å². The molecular formula is C16H16FNO3S. The molecule has 2 aromatic rings. The van der Waals surface area contributed by atoms with Crippen LogP contribution in [0.1, 0.15) is 29.2 Å². The molecule has 116 valence electrons. The fourth-order valence-electron chi connectivity index (χ4n) is 2.11. The summed E-state index contributed by atoms with van der Waals surface area (Å²) in [5.74, 6) is -1.80. The average molecular weight is 321 g/mol. The van der Waals surface area contributed by atoms with E-state index in [2.05, 4.69) is 5.32 Å². The number of carboxylic acids is 1. The van der Waals surface area contributed by atoms with E-state index in [0.717, 1.165) is 10.4 Å². The number of halogens is 1. The Labute approximate surface area is 131 Å². The molecule has 6 heteroatoms. The summed E-state index contributed by atoms with van der Waals surface area (Å²) < 4.78 is 12.8. The second kappa shape index (κ2) is 7.70. The van der Waals surface area contributed by atoms with Gasteiger partial charge in [0.15, 0.2) is 0 Å². The van der Waals surface area contributed by atoms with E-state index in [1.165, 1.54) is 23.5 Å². The van der Waals surface area contributed by atoms with E-state index in [4.69, 9.17) is 5.11 Å². The van der Waals surface area contributed by atoms with Crippen molar-refractivity contribution < 1.29 is 19.1 Å². The topological polar surface area (TPSA) is 66.4 Å². The van der Waals surface area contributed by atoms with Gasteiger partial charge in [0.2, 0.25) is 5.91 Å². The van der Waals surface area contributed by atoms with Gasteiger partial charge in [-0.15, -0.1) is 11.3 Å². The van der Waals surface area contributed by atoms with Crippen LogP contribution in [0.3, 0.4) is 0 Å². The van der Waals surface area contributed by atoms with Gasteiger partial charge in [0.25, 0.3) is 0 Å². The van der Waals surface area contributed by atoms with Gasteiger partial charge in [0.1, 0.15) is 5.82 Å². The van der Waals surface area contributed by atoms with Crippen molar-refractivity contribution in [2.24, 2.45) is 0 Å². The zero-order valence-electron chi connectivity index (χ0n) is 11.8. The van der Waals surface area contributed by atoms with E-state index in [-0.39, 0.29) is 30.5 Å². The molecule has 1 heterocycles. The van der Waals surface area contributed by atoms with Crippen molar-refractivity contribution in [3.8, 4) is 0 Å². The first-order valence-electron chi connectivity index (χ1n) is 6.81. The Bertz CT molecular complexity index is 625. The molecule has 0 aliphatic rings. The van der Waals surface area contributed by atoms with Crippen molar-refractivity contribution in [3.05, 3.63) is 58.0 Å². The molecule has 0 saturated heterocycles. The standard InChI is InChI=1S/C16H16FNO3S/c17-13-5-3-11(4-6-13)10-18-15(19)8-12(9-16(20)21)14-2-1-7-22-14/h1-7,12H,8-10H2,(H,18,19)(H,20,21). The van der Waals surface area contributed by atoms with Crippen LogP contribution < -0.4 is 5.32 Å². The molecule has 2 N–H and O–H groups in total. The van der Waals surface area contributed by atoms with E-state index >= 15 is 0 Å². The maximum atomic E-state index is 12.8. The Kier molecular flexibility index (Phi) is 5.66. The normalized spacial score (nSPS) is 11.9. The molecule has 0 saturated carbocycles. The summed E-state index contributed by atoms with van der Waals surface area (Å²) in [6.45, 7) is 0.295. The SMILES string of the molecule is O=C(O)CC(CC(=O)NCc1ccc(F)cc1)c1cccs1. The highest BCUT2D eigenvalue weighted by Gasteiger charge is 2.20. The predicted molar refractivity (Wildman–Crippen MR) is 82.2 cm³/mol. The summed E-state index contributed by atoms with van der Waals surface area (Å²) in [6, 6.07) is 9.55. The van der Waals surface area contributed by atoms with E-state index < -0.39 is 5.97 Å². The van der Waals surface area contributed by atoms with Crippen LogP contribution in [-0.2, 0) is 16.1 Å². The number of rotatable bonds is 7. The van der Waals surface area contributed by atoms with Gasteiger partial charge in [-0.05, 0) is 29.1 Å². The molecule has 2 rings (SSSR count). The minimum absolute atomic E-state index is 0.0789. The van der Waals surface area contributed by atoms with E-state index in [1.807, 2.05) is 17.5 Å². The van der Waals surface area contributed by atoms with Crippen molar-refractivity contribution >= 4 is 23.2 Å². The fourth-order valence-corrected chi connectivity index (χ4v) is 2.94. The van der Waals surface area contributed by atoms with Crippen LogP contribution in [0.15, 0.2) is 41.8 Å². The zero-order valence-corrected chi connectivity index (χ0v) is 12.6. The van der Waals surface area contributed by atoms with Gasteiger partial charge in [0, 0.05) is 23.8 Å². The van der Waals surface area contributed by atoms with Crippen LogP contribution in [0.4, 0.5) is 4.39 Å². The van der Waals surface area contributed by atoms with Crippen molar-refractivity contribution in [1.82, 2.24) is 5.32 Å². The summed E-state index contributed by atoms with van der Waals surface area (Å²) in [5, 5.41) is 13.6. The molecular weight excluding hydrogens is 305 g/mol. The quantitative estimate of drug-likeness (QED) is 0.823. The van der Waals surface area contributed by atoms with E-state index in [1.54, 1.807) is 12.1 Å². The van der Waals surface area contributed by atoms with Gasteiger partial charge in [-0.25, -0.2) is 4.39 Å². The number of carbonyl (C=O) groups excluding carboxylic acids is 1. The molecule has 0 radical (unpaired) electrons. The second-order valence-electron chi connectivity index (χ2n) is 4.92. The Hall–Kier alpha value is -2.21. The number of aliphatic carboxylic acids is 1. The van der Waals surface area contributed by atoms with Gasteiger partial charge in [-0.2, -0.15) is 0 Å². The molecule has 0 aliphatic carbocycles. The number of thiophene rings is 1. The minimum atomic E-state index is -0.926. The highest BCUT2D eigenvalue weighted by Crippen LogP contribution is 2.27. The Balaban J connectivity index is 1.90. The molecule has 0 fully saturated rings. The summed E-state index contributed by atoms with van der Waals surface area (Å²) in [4.78, 5) is 23.8. The minimum Gasteiger partial charge on any atom is -0.481 e. The van der Waals surface area contributed by atoms with Crippen molar-refractivity contribution in [2.45, 2.75) is 25.3 Å². The number of hydrogen-bond acceptors (Lipinski definition) is 3. The molecule has 4 nitrogen and oxygen atoms in total. The van der Waals surface area contributed by atoms with Crippen LogP contribution in [0.2, 0.25) is 0 Å². The average Bonchev–Trinajstić information content (AvgIpc) is 3.00. The van der Waals surface area contributed by atoms with Crippen molar-refractivity contribution in [2.75, 3.05) is 0 Å². The summed E-state index contributed by atoms with van der Waals surface area (Å²) in [6.07, 6.45) is 0.0402. The monoisotopic (exact) mass is 321 g/mol. The Morgan fingerprint density at radius 2 is 1.91 bits per heavy atom. The van der Waals surface area contributed by atoms with Gasteiger partial charge in [-0.1, -0.05) is 18.2 Å². The summed E-state index contributed by atoms with van der Waals surface area (Å²) in [5.41, 5.74) is 0.792. The third kappa shape index (κ3) is 4.96. The van der Waals surface area contributed by atoms with E-state index in [0.29, 0.717) is 6.54 Å². The van der Waals surface area contributed by atoms with Crippen LogP contribution >= 0.6 is 11.3 Å². The van der Waals surface area contributed by atoms with Gasteiger partial charge in [0.05, 0.1) is 6.42 Å². The Morgan fingerprint density at radius 3 is 2.50 bits per heavy atom. The van der Waals surface area contributed by atoms with Crippen LogP contribution in [0.25, 0.3) is 0 Å². The lowest BCUT2D eigenvalue weighted by molar-refractivity contribution is -0.137. The lowest BCUT2D eigenvalue weighted by Crippen LogP contribution is -2.25. The first-order valence-corrected chi connectivity index (χ1v) is 7.69. The number of amides is 1. The summed E-state index contributed by atoms with van der Waals surface area (Å²) in [7, 11) is 0. The van der Waals surface area contributed by atoms with Gasteiger partial charge >= 0.3 is 5.97 Å². The number of hydrogen-bond donors (Lipinski definition) is 2. The van der Waals surface area contributed by atoms with Crippen molar-refractivity contribution in [3.63, 3.8) is 0 Å². The molecule has 22 heavy (non-hydrogen) atoms. The highest BCUT2D eigenvalue weighted by atomic mass is 32.1. The van der Waals surface area contributed by atoms with Gasteiger partial charge in [-0.3, -0.25) is 9.59 Å². The molecule has 0 aliphatic heterocycles. The highest BCUT2D eigenvalue weighted by molar-refractivity contribution is 7.10. The first-order chi connectivity index (χ1) is 10.5. The number of benzene rings is 1. The second-order valence-corrected chi connectivity index (χ2v) is 5.90.